The first kappa shape index (κ1) is 50.5. The summed E-state index contributed by atoms with van der Waals surface area (Å²) in [5.41, 5.74) is 0. The Kier molecular flexibility index (Phi) is 38.9. The average Bonchev–Trinajstić information content (AvgIpc) is 3.18. The van der Waals surface area contributed by atoms with E-state index in [0.29, 0.717) is 25.7 Å². The van der Waals surface area contributed by atoms with Crippen LogP contribution in [0.15, 0.2) is 134 Å². The van der Waals surface area contributed by atoms with Gasteiger partial charge in [0.1, 0.15) is 13.2 Å². The number of hydrogen-bond donors (Lipinski definition) is 0. The number of carbonyl (C=O) groups excluding carboxylic acids is 3. The summed E-state index contributed by atoms with van der Waals surface area (Å²) >= 11 is 0. The molecule has 1 unspecified atom stereocenters. The second-order valence-electron chi connectivity index (χ2n) is 13.0. The van der Waals surface area contributed by atoms with Gasteiger partial charge in [-0.15, -0.1) is 0 Å². The number of carbonyl (C=O) groups is 3. The van der Waals surface area contributed by atoms with Gasteiger partial charge in [-0.1, -0.05) is 180 Å². The molecule has 55 heavy (non-hydrogen) atoms. The van der Waals surface area contributed by atoms with Gasteiger partial charge in [0.2, 0.25) is 0 Å². The SMILES string of the molecule is CC\C=C/C=C\C=C/C=C\C=C/CCCCCC(=O)OCC(COC(=O)CCC/C=C\CCCCCC)OC(=O)CCC\C=C/C=C\C=C/C=C\C=C/CC. The fourth-order valence-electron chi connectivity index (χ4n) is 4.79. The molecule has 304 valence electrons. The molecule has 0 spiro atoms. The molecule has 0 aliphatic rings. The Morgan fingerprint density at radius 3 is 1.22 bits per heavy atom. The van der Waals surface area contributed by atoms with E-state index in [1.165, 1.54) is 25.7 Å². The minimum atomic E-state index is -0.845. The maximum Gasteiger partial charge on any atom is 0.306 e. The van der Waals surface area contributed by atoms with Crippen LogP contribution in [0.5, 0.6) is 0 Å². The Morgan fingerprint density at radius 1 is 0.382 bits per heavy atom. The third kappa shape index (κ3) is 40.6. The highest BCUT2D eigenvalue weighted by atomic mass is 16.6. The molecule has 0 aliphatic heterocycles. The Labute approximate surface area is 334 Å². The minimum absolute atomic E-state index is 0.142. The molecule has 1 atom stereocenters. The monoisotopic (exact) mass is 757 g/mol. The van der Waals surface area contributed by atoms with E-state index in [0.717, 1.165) is 44.9 Å². The van der Waals surface area contributed by atoms with Gasteiger partial charge < -0.3 is 14.2 Å². The molecule has 0 aromatic heterocycles. The molecule has 0 bridgehead atoms. The van der Waals surface area contributed by atoms with Crippen molar-refractivity contribution in [1.29, 1.82) is 0 Å². The number of ether oxygens (including phenoxy) is 3. The Morgan fingerprint density at radius 2 is 0.745 bits per heavy atom. The first-order valence-corrected chi connectivity index (χ1v) is 20.8. The summed E-state index contributed by atoms with van der Waals surface area (Å²) < 4.78 is 16.5. The molecular weight excluding hydrogens is 685 g/mol. The lowest BCUT2D eigenvalue weighted by molar-refractivity contribution is -0.167. The highest BCUT2D eigenvalue weighted by Crippen LogP contribution is 2.09. The Bertz CT molecular complexity index is 1280. The van der Waals surface area contributed by atoms with Crippen molar-refractivity contribution in [3.63, 3.8) is 0 Å². The zero-order chi connectivity index (χ0) is 40.1. The van der Waals surface area contributed by atoms with Crippen LogP contribution in [-0.2, 0) is 28.6 Å². The van der Waals surface area contributed by atoms with Gasteiger partial charge in [0, 0.05) is 19.3 Å². The average molecular weight is 757 g/mol. The second-order valence-corrected chi connectivity index (χ2v) is 13.0. The first-order chi connectivity index (χ1) is 27.0. The first-order valence-electron chi connectivity index (χ1n) is 20.8. The van der Waals surface area contributed by atoms with Gasteiger partial charge in [0.15, 0.2) is 6.10 Å². The summed E-state index contributed by atoms with van der Waals surface area (Å²) in [5.74, 6) is -1.11. The lowest BCUT2D eigenvalue weighted by atomic mass is 10.1. The van der Waals surface area contributed by atoms with Gasteiger partial charge in [0.05, 0.1) is 0 Å². The maximum absolute atomic E-state index is 12.6. The standard InChI is InChI=1S/C49H72O6/c1-4-7-10-13-16-19-21-23-24-26-27-30-33-36-39-42-48(51)54-45-46(44-53-47(50)41-38-35-32-29-18-15-12-9-6-3)55-49(52)43-40-37-34-31-28-25-22-20-17-14-11-8-5-2/h7-8,10-11,13-14,16-17,19-29,31-32,34,46H,4-6,9,12,15,18,30,33,35-45H2,1-3H3/b10-7-,11-8-,16-13-,17-14-,21-19-,22-20-,24-23-,27-26-,28-25-,32-29-,34-31-. The van der Waals surface area contributed by atoms with Gasteiger partial charge >= 0.3 is 17.9 Å². The van der Waals surface area contributed by atoms with Crippen molar-refractivity contribution in [3.8, 4) is 0 Å². The van der Waals surface area contributed by atoms with Crippen molar-refractivity contribution < 1.29 is 28.6 Å². The lowest BCUT2D eigenvalue weighted by Gasteiger charge is -2.18. The van der Waals surface area contributed by atoms with Gasteiger partial charge in [-0.05, 0) is 70.6 Å². The minimum Gasteiger partial charge on any atom is -0.462 e. The van der Waals surface area contributed by atoms with Crippen LogP contribution >= 0.6 is 0 Å². The normalized spacial score (nSPS) is 13.4. The molecule has 0 N–H and O–H groups in total. The summed E-state index contributed by atoms with van der Waals surface area (Å²) in [6, 6.07) is 0. The van der Waals surface area contributed by atoms with E-state index in [4.69, 9.17) is 14.2 Å². The molecule has 0 heterocycles. The van der Waals surface area contributed by atoms with Crippen molar-refractivity contribution in [2.75, 3.05) is 13.2 Å². The smallest absolute Gasteiger partial charge is 0.306 e. The predicted octanol–water partition coefficient (Wildman–Crippen LogP) is 13.2. The molecule has 0 radical (unpaired) electrons. The van der Waals surface area contributed by atoms with Crippen LogP contribution in [0.25, 0.3) is 0 Å². The molecule has 0 fully saturated rings. The largest absolute Gasteiger partial charge is 0.462 e. The lowest BCUT2D eigenvalue weighted by Crippen LogP contribution is -2.30. The number of rotatable bonds is 34. The Hall–Kier alpha value is -4.45. The van der Waals surface area contributed by atoms with Crippen molar-refractivity contribution in [2.24, 2.45) is 0 Å². The van der Waals surface area contributed by atoms with Crippen LogP contribution in [-0.4, -0.2) is 37.2 Å². The fourth-order valence-corrected chi connectivity index (χ4v) is 4.79. The second kappa shape index (κ2) is 42.3. The van der Waals surface area contributed by atoms with E-state index >= 15 is 0 Å². The van der Waals surface area contributed by atoms with Crippen LogP contribution in [0.1, 0.15) is 136 Å². The van der Waals surface area contributed by atoms with E-state index < -0.39 is 12.1 Å². The van der Waals surface area contributed by atoms with E-state index in [1.807, 2.05) is 103 Å². The number of allylic oxidation sites excluding steroid dienone is 22. The van der Waals surface area contributed by atoms with Crippen molar-refractivity contribution in [2.45, 2.75) is 142 Å². The van der Waals surface area contributed by atoms with Gasteiger partial charge in [-0.25, -0.2) is 0 Å². The summed E-state index contributed by atoms with van der Waals surface area (Å²) in [5, 5.41) is 0. The van der Waals surface area contributed by atoms with Crippen molar-refractivity contribution >= 4 is 17.9 Å². The molecule has 0 amide bonds. The highest BCUT2D eigenvalue weighted by Gasteiger charge is 2.19. The van der Waals surface area contributed by atoms with Crippen LogP contribution in [0.4, 0.5) is 0 Å². The summed E-state index contributed by atoms with van der Waals surface area (Å²) in [4.78, 5) is 37.5. The van der Waals surface area contributed by atoms with Crippen LogP contribution in [0, 0.1) is 0 Å². The molecule has 0 saturated heterocycles. The zero-order valence-electron chi connectivity index (χ0n) is 34.4. The van der Waals surface area contributed by atoms with Crippen LogP contribution in [0.2, 0.25) is 0 Å². The van der Waals surface area contributed by atoms with Gasteiger partial charge in [-0.3, -0.25) is 14.4 Å². The fraction of sp³-hybridized carbons (Fsp3) is 0.490. The maximum atomic E-state index is 12.6. The Balaban J connectivity index is 4.65. The quantitative estimate of drug-likeness (QED) is 0.0214. The third-order valence-electron chi connectivity index (χ3n) is 7.88. The third-order valence-corrected chi connectivity index (χ3v) is 7.88. The molecular formula is C49H72O6. The van der Waals surface area contributed by atoms with Gasteiger partial charge in [0.25, 0.3) is 0 Å². The zero-order valence-corrected chi connectivity index (χ0v) is 34.4. The summed E-state index contributed by atoms with van der Waals surface area (Å²) in [6.07, 6.45) is 58.8. The van der Waals surface area contributed by atoms with E-state index in [2.05, 4.69) is 51.2 Å². The van der Waals surface area contributed by atoms with Crippen LogP contribution < -0.4 is 0 Å². The van der Waals surface area contributed by atoms with E-state index in [-0.39, 0.29) is 44.4 Å². The number of esters is 3. The molecule has 0 aromatic rings. The topological polar surface area (TPSA) is 78.9 Å². The van der Waals surface area contributed by atoms with Gasteiger partial charge in [-0.2, -0.15) is 0 Å². The van der Waals surface area contributed by atoms with Crippen LogP contribution in [0.3, 0.4) is 0 Å². The predicted molar refractivity (Wildman–Crippen MR) is 232 cm³/mol. The number of unbranched alkanes of at least 4 members (excludes halogenated alkanes) is 9. The molecule has 0 saturated carbocycles. The molecule has 0 aromatic carbocycles. The van der Waals surface area contributed by atoms with E-state index in [9.17, 15) is 14.4 Å². The molecule has 6 nitrogen and oxygen atoms in total. The summed E-state index contributed by atoms with van der Waals surface area (Å²) in [7, 11) is 0. The van der Waals surface area contributed by atoms with E-state index in [1.54, 1.807) is 0 Å². The molecule has 6 heteroatoms. The molecule has 0 rings (SSSR count). The summed E-state index contributed by atoms with van der Waals surface area (Å²) in [6.45, 7) is 6.13. The number of hydrogen-bond acceptors (Lipinski definition) is 6. The molecule has 0 aliphatic carbocycles. The van der Waals surface area contributed by atoms with Crippen molar-refractivity contribution in [1.82, 2.24) is 0 Å². The van der Waals surface area contributed by atoms with Crippen molar-refractivity contribution in [3.05, 3.63) is 134 Å². The highest BCUT2D eigenvalue weighted by molar-refractivity contribution is 5.71.